The van der Waals surface area contributed by atoms with E-state index in [0.29, 0.717) is 37.3 Å². The molecule has 0 saturated heterocycles. The van der Waals surface area contributed by atoms with E-state index in [0.717, 1.165) is 21.5 Å². The minimum absolute atomic E-state index is 0.0472. The van der Waals surface area contributed by atoms with Crippen LogP contribution < -0.4 is 10.6 Å². The Balaban J connectivity index is 1.37. The highest BCUT2D eigenvalue weighted by molar-refractivity contribution is 6.07. The van der Waals surface area contributed by atoms with Crippen LogP contribution in [0.2, 0.25) is 0 Å². The molecule has 2 N–H and O–H groups in total. The predicted octanol–water partition coefficient (Wildman–Crippen LogP) is 4.80. The molecule has 0 aliphatic heterocycles. The molecule has 39 heavy (non-hydrogen) atoms. The second-order valence-corrected chi connectivity index (χ2v) is 10.4. The number of hydrogen-bond acceptors (Lipinski definition) is 5. The number of nitrogens with one attached hydrogen (secondary N) is 2. The zero-order valence-corrected chi connectivity index (χ0v) is 22.7. The van der Waals surface area contributed by atoms with E-state index in [1.165, 1.54) is 0 Å². The fourth-order valence-corrected chi connectivity index (χ4v) is 4.52. The van der Waals surface area contributed by atoms with Crippen LogP contribution in [0.15, 0.2) is 84.9 Å². The third-order valence-electron chi connectivity index (χ3n) is 6.27. The SMILES string of the molecule is CC(C)(C)OC(=O)CN(CCNC(=O)c1cccc2ccccc12)CCNC(=O)c1cccc2ccccc12. The number of esters is 1. The van der Waals surface area contributed by atoms with Gasteiger partial charge in [-0.3, -0.25) is 19.3 Å². The van der Waals surface area contributed by atoms with Crippen molar-refractivity contribution in [2.75, 3.05) is 32.7 Å². The molecule has 4 aromatic rings. The Morgan fingerprint density at radius 2 is 1.10 bits per heavy atom. The Labute approximate surface area is 229 Å². The summed E-state index contributed by atoms with van der Waals surface area (Å²) in [6.07, 6.45) is 0. The first-order valence-corrected chi connectivity index (χ1v) is 13.2. The monoisotopic (exact) mass is 525 g/mol. The molecule has 7 nitrogen and oxygen atoms in total. The second-order valence-electron chi connectivity index (χ2n) is 10.4. The van der Waals surface area contributed by atoms with Crippen LogP contribution in [0.4, 0.5) is 0 Å². The van der Waals surface area contributed by atoms with Crippen LogP contribution in [0, 0.1) is 0 Å². The van der Waals surface area contributed by atoms with Gasteiger partial charge in [0.25, 0.3) is 11.8 Å². The molecule has 0 unspecified atom stereocenters. The first-order valence-electron chi connectivity index (χ1n) is 13.2. The Kier molecular flexibility index (Phi) is 8.94. The third kappa shape index (κ3) is 7.65. The molecule has 0 fully saturated rings. The van der Waals surface area contributed by atoms with E-state index in [4.69, 9.17) is 4.74 Å². The van der Waals surface area contributed by atoms with Gasteiger partial charge in [0.1, 0.15) is 5.60 Å². The number of carbonyl (C=O) groups is 3. The van der Waals surface area contributed by atoms with Crippen LogP contribution in [0.5, 0.6) is 0 Å². The standard InChI is InChI=1S/C32H35N3O4/c1-32(2,3)39-29(36)22-35(20-18-33-30(37)27-16-8-12-23-10-4-6-14-25(23)27)21-19-34-31(38)28-17-9-13-24-11-5-7-15-26(24)28/h4-17H,18-22H2,1-3H3,(H,33,37)(H,34,38). The zero-order chi connectivity index (χ0) is 27.8. The normalized spacial score (nSPS) is 11.5. The van der Waals surface area contributed by atoms with Gasteiger partial charge in [0.15, 0.2) is 0 Å². The fourth-order valence-electron chi connectivity index (χ4n) is 4.52. The molecule has 4 aromatic carbocycles. The van der Waals surface area contributed by atoms with Crippen LogP contribution >= 0.6 is 0 Å². The van der Waals surface area contributed by atoms with E-state index in [1.807, 2.05) is 98.5 Å². The first-order chi connectivity index (χ1) is 18.7. The van der Waals surface area contributed by atoms with Crippen molar-refractivity contribution in [3.8, 4) is 0 Å². The number of nitrogens with zero attached hydrogens (tertiary/aromatic N) is 1. The molecule has 7 heteroatoms. The average Bonchev–Trinajstić information content (AvgIpc) is 2.91. The summed E-state index contributed by atoms with van der Waals surface area (Å²) in [6, 6.07) is 26.8. The maximum atomic E-state index is 12.9. The van der Waals surface area contributed by atoms with Crippen molar-refractivity contribution < 1.29 is 19.1 Å². The van der Waals surface area contributed by atoms with E-state index < -0.39 is 5.60 Å². The Morgan fingerprint density at radius 3 is 1.56 bits per heavy atom. The van der Waals surface area contributed by atoms with Gasteiger partial charge in [-0.1, -0.05) is 72.8 Å². The van der Waals surface area contributed by atoms with E-state index in [1.54, 1.807) is 12.1 Å². The summed E-state index contributed by atoms with van der Waals surface area (Å²) in [5, 5.41) is 9.71. The van der Waals surface area contributed by atoms with Crippen LogP contribution in [0.1, 0.15) is 41.5 Å². The molecule has 0 radical (unpaired) electrons. The van der Waals surface area contributed by atoms with Crippen LogP contribution in [-0.2, 0) is 9.53 Å². The molecule has 202 valence electrons. The number of hydrogen-bond donors (Lipinski definition) is 2. The number of carbonyl (C=O) groups excluding carboxylic acids is 3. The van der Waals surface area contributed by atoms with Crippen molar-refractivity contribution in [3.63, 3.8) is 0 Å². The molecule has 0 heterocycles. The van der Waals surface area contributed by atoms with Crippen molar-refractivity contribution >= 4 is 39.3 Å². The van der Waals surface area contributed by atoms with Crippen molar-refractivity contribution in [2.24, 2.45) is 0 Å². The maximum Gasteiger partial charge on any atom is 0.320 e. The van der Waals surface area contributed by atoms with Gasteiger partial charge in [0.2, 0.25) is 0 Å². The summed E-state index contributed by atoms with van der Waals surface area (Å²) in [5.74, 6) is -0.704. The summed E-state index contributed by atoms with van der Waals surface area (Å²) in [5.41, 5.74) is 0.608. The quantitative estimate of drug-likeness (QED) is 0.291. The number of ether oxygens (including phenoxy) is 1. The maximum absolute atomic E-state index is 12.9. The smallest absolute Gasteiger partial charge is 0.320 e. The topological polar surface area (TPSA) is 87.7 Å². The van der Waals surface area contributed by atoms with Gasteiger partial charge in [-0.05, 0) is 54.4 Å². The van der Waals surface area contributed by atoms with Gasteiger partial charge in [-0.25, -0.2) is 0 Å². The van der Waals surface area contributed by atoms with Crippen molar-refractivity contribution in [1.29, 1.82) is 0 Å². The van der Waals surface area contributed by atoms with Gasteiger partial charge >= 0.3 is 5.97 Å². The largest absolute Gasteiger partial charge is 0.459 e. The third-order valence-corrected chi connectivity index (χ3v) is 6.27. The second kappa shape index (κ2) is 12.5. The van der Waals surface area contributed by atoms with E-state index in [2.05, 4.69) is 10.6 Å². The van der Waals surface area contributed by atoms with E-state index >= 15 is 0 Å². The first kappa shape index (κ1) is 27.8. The fraction of sp³-hybridized carbons (Fsp3) is 0.281. The van der Waals surface area contributed by atoms with E-state index in [-0.39, 0.29) is 24.3 Å². The number of fused-ring (bicyclic) bond motifs is 2. The minimum atomic E-state index is -0.603. The summed E-state index contributed by atoms with van der Waals surface area (Å²) in [6.45, 7) is 7.02. The van der Waals surface area contributed by atoms with Crippen molar-refractivity contribution in [2.45, 2.75) is 26.4 Å². The van der Waals surface area contributed by atoms with Crippen LogP contribution in [0.3, 0.4) is 0 Å². The summed E-state index contributed by atoms with van der Waals surface area (Å²) < 4.78 is 5.50. The van der Waals surface area contributed by atoms with Crippen LogP contribution in [0.25, 0.3) is 21.5 Å². The summed E-state index contributed by atoms with van der Waals surface area (Å²) in [7, 11) is 0. The molecule has 0 aliphatic carbocycles. The van der Waals surface area contributed by atoms with Gasteiger partial charge in [0, 0.05) is 37.3 Å². The highest BCUT2D eigenvalue weighted by atomic mass is 16.6. The Morgan fingerprint density at radius 1 is 0.667 bits per heavy atom. The molecule has 0 saturated carbocycles. The Hall–Kier alpha value is -4.23. The molecular formula is C32H35N3O4. The van der Waals surface area contributed by atoms with Gasteiger partial charge in [0.05, 0.1) is 6.54 Å². The molecule has 0 spiro atoms. The summed E-state index contributed by atoms with van der Waals surface area (Å²) >= 11 is 0. The summed E-state index contributed by atoms with van der Waals surface area (Å²) in [4.78, 5) is 40.3. The highest BCUT2D eigenvalue weighted by Crippen LogP contribution is 2.19. The lowest BCUT2D eigenvalue weighted by Gasteiger charge is -2.25. The zero-order valence-electron chi connectivity index (χ0n) is 22.7. The van der Waals surface area contributed by atoms with Gasteiger partial charge in [-0.2, -0.15) is 0 Å². The molecule has 2 amide bonds. The average molecular weight is 526 g/mol. The lowest BCUT2D eigenvalue weighted by atomic mass is 10.0. The number of amides is 2. The molecule has 4 rings (SSSR count). The number of rotatable bonds is 10. The van der Waals surface area contributed by atoms with E-state index in [9.17, 15) is 14.4 Å². The molecule has 0 aliphatic rings. The number of benzene rings is 4. The van der Waals surface area contributed by atoms with Gasteiger partial charge in [-0.15, -0.1) is 0 Å². The molecule has 0 bridgehead atoms. The lowest BCUT2D eigenvalue weighted by molar-refractivity contribution is -0.156. The molecular weight excluding hydrogens is 490 g/mol. The highest BCUT2D eigenvalue weighted by Gasteiger charge is 2.20. The minimum Gasteiger partial charge on any atom is -0.459 e. The van der Waals surface area contributed by atoms with Crippen LogP contribution in [-0.4, -0.2) is 61.0 Å². The predicted molar refractivity (Wildman–Crippen MR) is 155 cm³/mol. The lowest BCUT2D eigenvalue weighted by Crippen LogP contribution is -2.43. The van der Waals surface area contributed by atoms with Crippen molar-refractivity contribution in [3.05, 3.63) is 96.1 Å². The molecule has 0 aromatic heterocycles. The van der Waals surface area contributed by atoms with Gasteiger partial charge < -0.3 is 15.4 Å². The van der Waals surface area contributed by atoms with Crippen molar-refractivity contribution in [1.82, 2.24) is 15.5 Å². The molecule has 0 atom stereocenters. The Bertz CT molecular complexity index is 1370.